The molecular formula is C15H23BrN2O. The number of halogens is 1. The van der Waals surface area contributed by atoms with Crippen molar-refractivity contribution in [3.8, 4) is 0 Å². The van der Waals surface area contributed by atoms with Crippen LogP contribution in [0.4, 0.5) is 5.69 Å². The van der Waals surface area contributed by atoms with Gasteiger partial charge in [0.05, 0.1) is 11.8 Å². The number of ether oxygens (including phenoxy) is 1. The number of anilines is 1. The highest BCUT2D eigenvalue weighted by Crippen LogP contribution is 2.31. The lowest BCUT2D eigenvalue weighted by Gasteiger charge is -2.35. The van der Waals surface area contributed by atoms with Gasteiger partial charge in [0.25, 0.3) is 0 Å². The number of piperidine rings is 1. The first-order valence-corrected chi connectivity index (χ1v) is 7.82. The van der Waals surface area contributed by atoms with E-state index < -0.39 is 0 Å². The van der Waals surface area contributed by atoms with Crippen LogP contribution in [0.3, 0.4) is 0 Å². The van der Waals surface area contributed by atoms with E-state index in [1.54, 1.807) is 0 Å². The first-order chi connectivity index (χ1) is 9.11. The zero-order valence-corrected chi connectivity index (χ0v) is 13.3. The summed E-state index contributed by atoms with van der Waals surface area (Å²) in [5.41, 5.74) is 8.32. The van der Waals surface area contributed by atoms with Crippen molar-refractivity contribution in [3.05, 3.63) is 28.2 Å². The van der Waals surface area contributed by atoms with Crippen LogP contribution in [-0.2, 0) is 4.74 Å². The summed E-state index contributed by atoms with van der Waals surface area (Å²) >= 11 is 3.67. The van der Waals surface area contributed by atoms with E-state index in [2.05, 4.69) is 46.0 Å². The lowest BCUT2D eigenvalue weighted by atomic mass is 10.1. The molecule has 1 aromatic carbocycles. The molecule has 2 N–H and O–H groups in total. The zero-order valence-electron chi connectivity index (χ0n) is 11.7. The van der Waals surface area contributed by atoms with Gasteiger partial charge < -0.3 is 15.4 Å². The van der Waals surface area contributed by atoms with Gasteiger partial charge in [0.1, 0.15) is 0 Å². The van der Waals surface area contributed by atoms with Crippen molar-refractivity contribution < 1.29 is 4.74 Å². The van der Waals surface area contributed by atoms with Gasteiger partial charge in [-0.2, -0.15) is 0 Å². The van der Waals surface area contributed by atoms with E-state index in [4.69, 9.17) is 10.5 Å². The Morgan fingerprint density at radius 3 is 2.95 bits per heavy atom. The van der Waals surface area contributed by atoms with Gasteiger partial charge in [0.15, 0.2) is 0 Å². The number of nitrogens with zero attached hydrogens (tertiary/aromatic N) is 1. The fourth-order valence-corrected chi connectivity index (χ4v) is 3.24. The van der Waals surface area contributed by atoms with Gasteiger partial charge in [0.2, 0.25) is 0 Å². The number of nitrogens with two attached hydrogens (primary N) is 1. The second-order valence-corrected chi connectivity index (χ2v) is 6.02. The Bertz CT molecular complexity index is 421. The highest BCUT2D eigenvalue weighted by atomic mass is 79.9. The molecule has 0 bridgehead atoms. The predicted octanol–water partition coefficient (Wildman–Crippen LogP) is 3.47. The molecular weight excluding hydrogens is 304 g/mol. The van der Waals surface area contributed by atoms with Crippen molar-refractivity contribution in [1.29, 1.82) is 0 Å². The fourth-order valence-electron chi connectivity index (χ4n) is 2.59. The van der Waals surface area contributed by atoms with Crippen LogP contribution < -0.4 is 10.6 Å². The van der Waals surface area contributed by atoms with Crippen LogP contribution in [0.15, 0.2) is 22.7 Å². The minimum absolute atomic E-state index is 0.0721. The number of rotatable bonds is 4. The van der Waals surface area contributed by atoms with Crippen LogP contribution in [0, 0.1) is 0 Å². The van der Waals surface area contributed by atoms with Crippen LogP contribution in [0.1, 0.15) is 38.3 Å². The van der Waals surface area contributed by atoms with E-state index in [-0.39, 0.29) is 6.04 Å². The van der Waals surface area contributed by atoms with Gasteiger partial charge in [-0.05, 0) is 60.3 Å². The summed E-state index contributed by atoms with van der Waals surface area (Å²) in [6.07, 6.45) is 2.71. The summed E-state index contributed by atoms with van der Waals surface area (Å²) in [4.78, 5) is 2.40. The van der Waals surface area contributed by atoms with E-state index in [1.165, 1.54) is 18.5 Å². The summed E-state index contributed by atoms with van der Waals surface area (Å²) in [5, 5.41) is 0. The predicted molar refractivity (Wildman–Crippen MR) is 83.6 cm³/mol. The first kappa shape index (κ1) is 14.8. The van der Waals surface area contributed by atoms with Crippen molar-refractivity contribution in [1.82, 2.24) is 0 Å². The Kier molecular flexibility index (Phi) is 5.25. The van der Waals surface area contributed by atoms with E-state index in [1.807, 2.05) is 6.92 Å². The van der Waals surface area contributed by atoms with E-state index in [9.17, 15) is 0 Å². The molecule has 0 amide bonds. The lowest BCUT2D eigenvalue weighted by molar-refractivity contribution is 0.0526. The molecule has 1 aliphatic rings. The Labute approximate surface area is 124 Å². The molecule has 0 aliphatic carbocycles. The van der Waals surface area contributed by atoms with Crippen molar-refractivity contribution in [2.24, 2.45) is 5.73 Å². The SMILES string of the molecule is CCOC1CCCN(c2ccc([C@H](C)N)cc2Br)C1. The summed E-state index contributed by atoms with van der Waals surface area (Å²) < 4.78 is 6.88. The lowest BCUT2D eigenvalue weighted by Crippen LogP contribution is -2.39. The molecule has 1 aromatic rings. The summed E-state index contributed by atoms with van der Waals surface area (Å²) in [6.45, 7) is 6.94. The van der Waals surface area contributed by atoms with Crippen LogP contribution in [0.5, 0.6) is 0 Å². The van der Waals surface area contributed by atoms with Crippen molar-refractivity contribution in [2.45, 2.75) is 38.8 Å². The molecule has 1 fully saturated rings. The van der Waals surface area contributed by atoms with Crippen LogP contribution in [-0.4, -0.2) is 25.8 Å². The number of hydrogen-bond acceptors (Lipinski definition) is 3. The molecule has 4 heteroatoms. The van der Waals surface area contributed by atoms with Crippen LogP contribution in [0.2, 0.25) is 0 Å². The second kappa shape index (κ2) is 6.73. The largest absolute Gasteiger partial charge is 0.377 e. The summed E-state index contributed by atoms with van der Waals surface area (Å²) in [5.74, 6) is 0. The highest BCUT2D eigenvalue weighted by Gasteiger charge is 2.21. The maximum Gasteiger partial charge on any atom is 0.0750 e. The molecule has 106 valence electrons. The van der Waals surface area contributed by atoms with Gasteiger partial charge >= 0.3 is 0 Å². The maximum atomic E-state index is 5.92. The molecule has 0 aromatic heterocycles. The van der Waals surface area contributed by atoms with E-state index in [0.717, 1.165) is 29.7 Å². The Hall–Kier alpha value is -0.580. The molecule has 0 saturated carbocycles. The molecule has 1 saturated heterocycles. The fraction of sp³-hybridized carbons (Fsp3) is 0.600. The third kappa shape index (κ3) is 3.71. The second-order valence-electron chi connectivity index (χ2n) is 5.17. The third-order valence-corrected chi connectivity index (χ3v) is 4.25. The Morgan fingerprint density at radius 2 is 2.32 bits per heavy atom. The summed E-state index contributed by atoms with van der Waals surface area (Å²) in [7, 11) is 0. The van der Waals surface area contributed by atoms with Gasteiger partial charge in [-0.25, -0.2) is 0 Å². The minimum atomic E-state index is 0.0721. The average molecular weight is 327 g/mol. The molecule has 0 radical (unpaired) electrons. The molecule has 1 aliphatic heterocycles. The average Bonchev–Trinajstić information content (AvgIpc) is 2.39. The van der Waals surface area contributed by atoms with Crippen molar-refractivity contribution in [2.75, 3.05) is 24.6 Å². The standard InChI is InChI=1S/C15H23BrN2O/c1-3-19-13-5-4-8-18(10-13)15-7-6-12(11(2)17)9-14(15)16/h6-7,9,11,13H,3-5,8,10,17H2,1-2H3/t11-,13?/m0/s1. The van der Waals surface area contributed by atoms with Crippen molar-refractivity contribution >= 4 is 21.6 Å². The Morgan fingerprint density at radius 1 is 1.53 bits per heavy atom. The van der Waals surface area contributed by atoms with Gasteiger partial charge in [0, 0.05) is 30.2 Å². The molecule has 1 unspecified atom stereocenters. The van der Waals surface area contributed by atoms with E-state index >= 15 is 0 Å². The maximum absolute atomic E-state index is 5.92. The monoisotopic (exact) mass is 326 g/mol. The normalized spacial score (nSPS) is 21.5. The molecule has 3 nitrogen and oxygen atoms in total. The van der Waals surface area contributed by atoms with Gasteiger partial charge in [-0.15, -0.1) is 0 Å². The Balaban J connectivity index is 2.12. The molecule has 0 spiro atoms. The van der Waals surface area contributed by atoms with Crippen molar-refractivity contribution in [3.63, 3.8) is 0 Å². The first-order valence-electron chi connectivity index (χ1n) is 7.03. The topological polar surface area (TPSA) is 38.5 Å². The molecule has 2 atom stereocenters. The number of hydrogen-bond donors (Lipinski definition) is 1. The third-order valence-electron chi connectivity index (χ3n) is 3.62. The van der Waals surface area contributed by atoms with Gasteiger partial charge in [-0.1, -0.05) is 6.07 Å². The zero-order chi connectivity index (χ0) is 13.8. The van der Waals surface area contributed by atoms with Gasteiger partial charge in [-0.3, -0.25) is 0 Å². The quantitative estimate of drug-likeness (QED) is 0.920. The smallest absolute Gasteiger partial charge is 0.0750 e. The van der Waals surface area contributed by atoms with E-state index in [0.29, 0.717) is 6.10 Å². The minimum Gasteiger partial charge on any atom is -0.377 e. The van der Waals surface area contributed by atoms with Crippen LogP contribution in [0.25, 0.3) is 0 Å². The summed E-state index contributed by atoms with van der Waals surface area (Å²) in [6, 6.07) is 6.49. The highest BCUT2D eigenvalue weighted by molar-refractivity contribution is 9.10. The molecule has 2 rings (SSSR count). The molecule has 1 heterocycles. The number of benzene rings is 1. The van der Waals surface area contributed by atoms with Crippen LogP contribution >= 0.6 is 15.9 Å². The molecule has 19 heavy (non-hydrogen) atoms.